The fraction of sp³-hybridized carbons (Fsp3) is 0.500. The van der Waals surface area contributed by atoms with E-state index in [1.165, 1.54) is 13.2 Å². The van der Waals surface area contributed by atoms with Crippen molar-refractivity contribution in [3.05, 3.63) is 47.5 Å². The van der Waals surface area contributed by atoms with Crippen LogP contribution in [0.3, 0.4) is 0 Å². The van der Waals surface area contributed by atoms with E-state index in [2.05, 4.69) is 31.9 Å². The van der Waals surface area contributed by atoms with E-state index >= 15 is 0 Å². The van der Waals surface area contributed by atoms with Gasteiger partial charge in [0, 0.05) is 28.4 Å². The highest BCUT2D eigenvalue weighted by atomic mass is 79.9. The van der Waals surface area contributed by atoms with E-state index in [-0.39, 0.29) is 17.1 Å². The molecule has 12 heteroatoms. The van der Waals surface area contributed by atoms with E-state index in [4.69, 9.17) is 23.7 Å². The summed E-state index contributed by atoms with van der Waals surface area (Å²) in [5.74, 6) is 0.639. The summed E-state index contributed by atoms with van der Waals surface area (Å²) >= 11 is 6.71. The highest BCUT2D eigenvalue weighted by Crippen LogP contribution is 2.38. The molecule has 0 spiro atoms. The molecule has 5 atom stereocenters. The molecule has 1 aliphatic heterocycles. The van der Waals surface area contributed by atoms with Gasteiger partial charge in [-0.3, -0.25) is 4.79 Å². The Labute approximate surface area is 237 Å². The van der Waals surface area contributed by atoms with Crippen molar-refractivity contribution in [1.29, 1.82) is 0 Å². The van der Waals surface area contributed by atoms with Crippen molar-refractivity contribution in [3.63, 3.8) is 0 Å². The standard InChI is InChI=1S/C26H32Br2O10/c1-34-17-12-18(36-11-3-9-28)21(22(30)15-4-6-16(7-5-15)35-10-2-8-27)19(13-17)37-26-25(33)24(32)23(31)20(14-29)38-26/h4-7,12-13,20,23-26,29,31-33H,2-3,8-11,14H2,1H3/t20-,23-,24+,25-,26-/m1/s1. The minimum absolute atomic E-state index is 0.0369. The van der Waals surface area contributed by atoms with Crippen molar-refractivity contribution in [1.82, 2.24) is 0 Å². The molecule has 1 aliphatic rings. The van der Waals surface area contributed by atoms with Gasteiger partial charge in [-0.15, -0.1) is 0 Å². The molecule has 4 N–H and O–H groups in total. The quantitative estimate of drug-likeness (QED) is 0.135. The molecule has 0 aromatic heterocycles. The molecule has 3 rings (SSSR count). The lowest BCUT2D eigenvalue weighted by Crippen LogP contribution is -2.60. The summed E-state index contributed by atoms with van der Waals surface area (Å²) in [5.41, 5.74) is 0.372. The maximum absolute atomic E-state index is 13.8. The number of hydrogen-bond acceptors (Lipinski definition) is 10. The van der Waals surface area contributed by atoms with Crippen LogP contribution in [0, 0.1) is 0 Å². The average Bonchev–Trinajstić information content (AvgIpc) is 2.93. The van der Waals surface area contributed by atoms with Gasteiger partial charge in [0.1, 0.15) is 53.0 Å². The molecule has 1 fully saturated rings. The van der Waals surface area contributed by atoms with E-state index in [1.807, 2.05) is 0 Å². The zero-order valence-electron chi connectivity index (χ0n) is 20.8. The molecule has 1 heterocycles. The lowest BCUT2D eigenvalue weighted by molar-refractivity contribution is -0.277. The van der Waals surface area contributed by atoms with Gasteiger partial charge in [-0.25, -0.2) is 0 Å². The molecule has 0 aliphatic carbocycles. The van der Waals surface area contributed by atoms with Crippen LogP contribution in [-0.4, -0.2) is 94.5 Å². The molecule has 0 bridgehead atoms. The van der Waals surface area contributed by atoms with Crippen molar-refractivity contribution in [2.24, 2.45) is 0 Å². The number of ketones is 1. The van der Waals surface area contributed by atoms with E-state index in [1.54, 1.807) is 30.3 Å². The summed E-state index contributed by atoms with van der Waals surface area (Å²) in [4.78, 5) is 13.8. The van der Waals surface area contributed by atoms with Gasteiger partial charge in [0.2, 0.25) is 12.1 Å². The first-order valence-electron chi connectivity index (χ1n) is 12.1. The number of halogens is 2. The average molecular weight is 664 g/mol. The number of methoxy groups -OCH3 is 1. The summed E-state index contributed by atoms with van der Waals surface area (Å²) < 4.78 is 28.3. The lowest BCUT2D eigenvalue weighted by Gasteiger charge is -2.39. The third kappa shape index (κ3) is 7.59. The number of carbonyl (C=O) groups is 1. The predicted octanol–water partition coefficient (Wildman–Crippen LogP) is 2.43. The molecule has 2 aromatic carbocycles. The third-order valence-electron chi connectivity index (χ3n) is 5.79. The van der Waals surface area contributed by atoms with E-state index < -0.39 is 43.1 Å². The topological polar surface area (TPSA) is 144 Å². The van der Waals surface area contributed by atoms with Gasteiger partial charge in [-0.1, -0.05) is 31.9 Å². The number of aliphatic hydroxyl groups is 4. The third-order valence-corrected chi connectivity index (χ3v) is 6.91. The summed E-state index contributed by atoms with van der Waals surface area (Å²) in [6.45, 7) is 0.192. The van der Waals surface area contributed by atoms with Crippen LogP contribution in [0.5, 0.6) is 23.0 Å². The van der Waals surface area contributed by atoms with Gasteiger partial charge in [-0.2, -0.15) is 0 Å². The molecule has 10 nitrogen and oxygen atoms in total. The summed E-state index contributed by atoms with van der Waals surface area (Å²) in [6.07, 6.45) is -6.08. The SMILES string of the molecule is COc1cc(OCCCBr)c(C(=O)c2ccc(OCCCBr)cc2)c(O[C@@H]2O[C@H](CO)[C@@H](O)[C@H](O)[C@H]2O)c1. The number of carbonyl (C=O) groups excluding carboxylic acids is 1. The van der Waals surface area contributed by atoms with Crippen LogP contribution in [0.15, 0.2) is 36.4 Å². The monoisotopic (exact) mass is 662 g/mol. The second-order valence-electron chi connectivity index (χ2n) is 8.45. The normalized spacial score (nSPS) is 23.1. The Morgan fingerprint density at radius 2 is 1.53 bits per heavy atom. The van der Waals surface area contributed by atoms with Crippen LogP contribution < -0.4 is 18.9 Å². The van der Waals surface area contributed by atoms with Gasteiger partial charge >= 0.3 is 0 Å². The zero-order valence-corrected chi connectivity index (χ0v) is 24.0. The van der Waals surface area contributed by atoms with Crippen molar-refractivity contribution < 1.29 is 48.9 Å². The fourth-order valence-electron chi connectivity index (χ4n) is 3.73. The molecule has 210 valence electrons. The molecular formula is C26H32Br2O10. The maximum atomic E-state index is 13.8. The number of ether oxygens (including phenoxy) is 5. The first kappa shape index (κ1) is 30.6. The highest BCUT2D eigenvalue weighted by molar-refractivity contribution is 9.09. The van der Waals surface area contributed by atoms with Crippen molar-refractivity contribution in [2.75, 3.05) is 37.6 Å². The number of aliphatic hydroxyl groups excluding tert-OH is 4. The highest BCUT2D eigenvalue weighted by Gasteiger charge is 2.45. The first-order chi connectivity index (χ1) is 18.3. The maximum Gasteiger partial charge on any atom is 0.229 e. The second kappa shape index (κ2) is 15.0. The molecule has 0 unspecified atom stereocenters. The minimum atomic E-state index is -1.67. The Kier molecular flexibility index (Phi) is 12.1. The Balaban J connectivity index is 1.99. The number of alkyl halides is 2. The van der Waals surface area contributed by atoms with Crippen LogP contribution in [-0.2, 0) is 4.74 Å². The summed E-state index contributed by atoms with van der Waals surface area (Å²) in [7, 11) is 1.44. The van der Waals surface area contributed by atoms with Crippen LogP contribution >= 0.6 is 31.9 Å². The van der Waals surface area contributed by atoms with E-state index in [0.717, 1.165) is 11.8 Å². The molecule has 38 heavy (non-hydrogen) atoms. The molecule has 0 amide bonds. The van der Waals surface area contributed by atoms with Crippen molar-refractivity contribution in [2.45, 2.75) is 43.5 Å². The largest absolute Gasteiger partial charge is 0.496 e. The molecule has 1 saturated heterocycles. The molecular weight excluding hydrogens is 632 g/mol. The smallest absolute Gasteiger partial charge is 0.229 e. The summed E-state index contributed by atoms with van der Waals surface area (Å²) in [5, 5.41) is 41.8. The molecule has 0 saturated carbocycles. The van der Waals surface area contributed by atoms with Crippen molar-refractivity contribution in [3.8, 4) is 23.0 Å². The van der Waals surface area contributed by atoms with Crippen LogP contribution in [0.2, 0.25) is 0 Å². The Morgan fingerprint density at radius 3 is 2.13 bits per heavy atom. The molecule has 0 radical (unpaired) electrons. The predicted molar refractivity (Wildman–Crippen MR) is 145 cm³/mol. The Hall–Kier alpha value is -1.93. The van der Waals surface area contributed by atoms with Crippen molar-refractivity contribution >= 4 is 37.6 Å². The minimum Gasteiger partial charge on any atom is -0.496 e. The Morgan fingerprint density at radius 1 is 0.895 bits per heavy atom. The lowest BCUT2D eigenvalue weighted by atomic mass is 9.98. The molecule has 2 aromatic rings. The number of hydrogen-bond donors (Lipinski definition) is 4. The van der Waals surface area contributed by atoms with Gasteiger partial charge in [0.05, 0.1) is 26.9 Å². The van der Waals surface area contributed by atoms with Gasteiger partial charge in [0.15, 0.2) is 0 Å². The van der Waals surface area contributed by atoms with E-state index in [0.29, 0.717) is 42.0 Å². The van der Waals surface area contributed by atoms with Crippen LogP contribution in [0.4, 0.5) is 0 Å². The van der Waals surface area contributed by atoms with Gasteiger partial charge in [0.25, 0.3) is 0 Å². The second-order valence-corrected chi connectivity index (χ2v) is 10.0. The number of benzene rings is 2. The fourth-order valence-corrected chi connectivity index (χ4v) is 4.19. The van der Waals surface area contributed by atoms with E-state index in [9.17, 15) is 25.2 Å². The van der Waals surface area contributed by atoms with Gasteiger partial charge < -0.3 is 44.1 Å². The van der Waals surface area contributed by atoms with Crippen LogP contribution in [0.25, 0.3) is 0 Å². The first-order valence-corrected chi connectivity index (χ1v) is 14.3. The zero-order chi connectivity index (χ0) is 27.7. The van der Waals surface area contributed by atoms with Gasteiger partial charge in [-0.05, 0) is 37.1 Å². The number of rotatable bonds is 14. The summed E-state index contributed by atoms with van der Waals surface area (Å²) in [6, 6.07) is 9.61. The Bertz CT molecular complexity index is 1030. The van der Waals surface area contributed by atoms with Crippen LogP contribution in [0.1, 0.15) is 28.8 Å².